The van der Waals surface area contributed by atoms with Gasteiger partial charge in [0.15, 0.2) is 0 Å². The molecule has 3 unspecified atom stereocenters. The van der Waals surface area contributed by atoms with Gasteiger partial charge in [-0.2, -0.15) is 0 Å². The van der Waals surface area contributed by atoms with E-state index >= 15 is 0 Å². The first-order valence-corrected chi connectivity index (χ1v) is 12.7. The van der Waals surface area contributed by atoms with Crippen molar-refractivity contribution in [3.05, 3.63) is 36.3 Å². The van der Waals surface area contributed by atoms with E-state index in [-0.39, 0.29) is 29.9 Å². The Labute approximate surface area is 202 Å². The van der Waals surface area contributed by atoms with Crippen LogP contribution < -0.4 is 5.32 Å². The van der Waals surface area contributed by atoms with E-state index in [0.717, 1.165) is 70.1 Å². The number of carbonyl (C=O) groups is 2. The van der Waals surface area contributed by atoms with E-state index in [1.54, 1.807) is 20.4 Å². The lowest BCUT2D eigenvalue weighted by Crippen LogP contribution is -2.50. The van der Waals surface area contributed by atoms with Gasteiger partial charge in [0.25, 0.3) is 5.91 Å². The third-order valence-electron chi connectivity index (χ3n) is 7.56. The van der Waals surface area contributed by atoms with Crippen LogP contribution in [0.3, 0.4) is 0 Å². The number of hydrogen-bond donors (Lipinski definition) is 1. The number of rotatable bonds is 9. The van der Waals surface area contributed by atoms with Gasteiger partial charge < -0.3 is 24.1 Å². The predicted octanol–water partition coefficient (Wildman–Crippen LogP) is 3.30. The zero-order valence-corrected chi connectivity index (χ0v) is 20.4. The van der Waals surface area contributed by atoms with Crippen molar-refractivity contribution in [1.82, 2.24) is 19.6 Å². The molecule has 2 aliphatic rings. The summed E-state index contributed by atoms with van der Waals surface area (Å²) in [6.07, 6.45) is 13.4. The molecule has 3 heterocycles. The number of imidazole rings is 1. The lowest BCUT2D eigenvalue weighted by Gasteiger charge is -2.40. The highest BCUT2D eigenvalue weighted by Gasteiger charge is 2.40. The first kappa shape index (κ1) is 24.7. The number of methoxy groups -OCH3 is 2. The summed E-state index contributed by atoms with van der Waals surface area (Å²) in [5.41, 5.74) is 1.48. The molecule has 1 N–H and O–H groups in total. The van der Waals surface area contributed by atoms with Crippen molar-refractivity contribution < 1.29 is 19.1 Å². The Morgan fingerprint density at radius 2 is 1.91 bits per heavy atom. The largest absolute Gasteiger partial charge is 0.379 e. The van der Waals surface area contributed by atoms with E-state index in [4.69, 9.17) is 9.47 Å². The summed E-state index contributed by atoms with van der Waals surface area (Å²) < 4.78 is 13.1. The van der Waals surface area contributed by atoms with Crippen LogP contribution in [-0.2, 0) is 14.3 Å². The van der Waals surface area contributed by atoms with Gasteiger partial charge in [-0.3, -0.25) is 9.59 Å². The number of piperidine rings is 1. The molecule has 8 nitrogen and oxygen atoms in total. The molecule has 34 heavy (non-hydrogen) atoms. The molecule has 4 rings (SSSR count). The maximum atomic E-state index is 13.2. The minimum absolute atomic E-state index is 0.0135. The summed E-state index contributed by atoms with van der Waals surface area (Å²) in [5, 5.41) is 3.02. The number of nitrogens with zero attached hydrogens (tertiary/aromatic N) is 3. The molecule has 0 bridgehead atoms. The second-order valence-electron chi connectivity index (χ2n) is 9.64. The van der Waals surface area contributed by atoms with Gasteiger partial charge in [-0.25, -0.2) is 4.98 Å². The molecule has 1 aliphatic heterocycles. The van der Waals surface area contributed by atoms with Gasteiger partial charge in [0.1, 0.15) is 5.65 Å². The van der Waals surface area contributed by atoms with Crippen molar-refractivity contribution in [3.63, 3.8) is 0 Å². The van der Waals surface area contributed by atoms with Gasteiger partial charge in [0.2, 0.25) is 5.91 Å². The highest BCUT2D eigenvalue weighted by molar-refractivity contribution is 5.94. The average Bonchev–Trinajstić information content (AvgIpc) is 3.35. The molecule has 186 valence electrons. The second kappa shape index (κ2) is 11.8. The Morgan fingerprint density at radius 3 is 2.68 bits per heavy atom. The van der Waals surface area contributed by atoms with Crippen LogP contribution >= 0.6 is 0 Å². The minimum atomic E-state index is -0.138. The van der Waals surface area contributed by atoms with Crippen molar-refractivity contribution in [2.24, 2.45) is 11.8 Å². The minimum Gasteiger partial charge on any atom is -0.379 e. The standard InChI is InChI=1S/C26H38N4O4/c1-33-22-8-5-7-21(24(22)34-2)26(32)29-15-11-19(12-16-29)6-3-4-13-28-25(31)20-9-10-23-27-14-17-30(23)18-20/h9-10,14,17-19,21-22,24H,3-8,11-13,15-16H2,1-2H3,(H,28,31). The molecule has 1 saturated heterocycles. The molecule has 1 aliphatic carbocycles. The normalized spacial score (nSPS) is 23.8. The summed E-state index contributed by atoms with van der Waals surface area (Å²) >= 11 is 0. The van der Waals surface area contributed by atoms with Crippen LogP contribution in [-0.4, -0.2) is 72.2 Å². The van der Waals surface area contributed by atoms with Gasteiger partial charge in [0.05, 0.1) is 23.7 Å². The Hall–Kier alpha value is -2.45. The molecule has 2 aromatic rings. The first-order chi connectivity index (χ1) is 16.6. The van der Waals surface area contributed by atoms with Gasteiger partial charge in [-0.05, 0) is 56.6 Å². The number of carbonyl (C=O) groups excluding carboxylic acids is 2. The summed E-state index contributed by atoms with van der Waals surface area (Å²) in [6, 6.07) is 3.66. The zero-order chi connectivity index (χ0) is 23.9. The maximum Gasteiger partial charge on any atom is 0.252 e. The molecule has 0 aromatic carbocycles. The van der Waals surface area contributed by atoms with Crippen molar-refractivity contribution in [2.45, 2.75) is 63.6 Å². The Bertz CT molecular complexity index is 953. The van der Waals surface area contributed by atoms with Crippen molar-refractivity contribution in [3.8, 4) is 0 Å². The number of hydrogen-bond acceptors (Lipinski definition) is 5. The first-order valence-electron chi connectivity index (χ1n) is 12.7. The van der Waals surface area contributed by atoms with Crippen LogP contribution in [0.4, 0.5) is 0 Å². The predicted molar refractivity (Wildman–Crippen MR) is 130 cm³/mol. The lowest BCUT2D eigenvalue weighted by atomic mass is 9.82. The molecule has 1 saturated carbocycles. The van der Waals surface area contributed by atoms with Gasteiger partial charge in [-0.15, -0.1) is 0 Å². The van der Waals surface area contributed by atoms with E-state index in [9.17, 15) is 9.59 Å². The van der Waals surface area contributed by atoms with Crippen LogP contribution in [0.1, 0.15) is 61.7 Å². The topological polar surface area (TPSA) is 85.2 Å². The van der Waals surface area contributed by atoms with E-state index in [1.807, 2.05) is 33.8 Å². The average molecular weight is 471 g/mol. The number of pyridine rings is 1. The molecule has 2 fully saturated rings. The fourth-order valence-corrected chi connectivity index (χ4v) is 5.55. The Balaban J connectivity index is 1.13. The lowest BCUT2D eigenvalue weighted by molar-refractivity contribution is -0.152. The molecular formula is C26H38N4O4. The molecule has 2 amide bonds. The summed E-state index contributed by atoms with van der Waals surface area (Å²) in [7, 11) is 3.40. The maximum absolute atomic E-state index is 13.2. The van der Waals surface area contributed by atoms with E-state index < -0.39 is 0 Å². The quantitative estimate of drug-likeness (QED) is 0.569. The molecule has 3 atom stereocenters. The van der Waals surface area contributed by atoms with E-state index in [1.165, 1.54) is 0 Å². The summed E-state index contributed by atoms with van der Waals surface area (Å²) in [5.74, 6) is 0.761. The highest BCUT2D eigenvalue weighted by Crippen LogP contribution is 2.32. The van der Waals surface area contributed by atoms with E-state index in [2.05, 4.69) is 10.3 Å². The molecule has 8 heteroatoms. The second-order valence-corrected chi connectivity index (χ2v) is 9.64. The highest BCUT2D eigenvalue weighted by atomic mass is 16.5. The van der Waals surface area contributed by atoms with Crippen LogP contribution in [0.5, 0.6) is 0 Å². The molecule has 0 radical (unpaired) electrons. The number of unbranched alkanes of at least 4 members (excludes halogenated alkanes) is 1. The SMILES string of the molecule is COC1CCCC(C(=O)N2CCC(CCCCNC(=O)c3ccc4nccn4c3)CC2)C1OC. The third kappa shape index (κ3) is 5.78. The monoisotopic (exact) mass is 470 g/mol. The van der Waals surface area contributed by atoms with Crippen LogP contribution in [0.2, 0.25) is 0 Å². The number of aromatic nitrogens is 2. The fraction of sp³-hybridized carbons (Fsp3) is 0.654. The Kier molecular flexibility index (Phi) is 8.56. The van der Waals surface area contributed by atoms with E-state index in [0.29, 0.717) is 18.0 Å². The smallest absolute Gasteiger partial charge is 0.252 e. The number of ether oxygens (including phenoxy) is 2. The van der Waals surface area contributed by atoms with Crippen molar-refractivity contribution in [1.29, 1.82) is 0 Å². The van der Waals surface area contributed by atoms with Crippen LogP contribution in [0, 0.1) is 11.8 Å². The molecular weight excluding hydrogens is 432 g/mol. The van der Waals surface area contributed by atoms with Gasteiger partial charge in [-0.1, -0.05) is 12.8 Å². The van der Waals surface area contributed by atoms with Gasteiger partial charge >= 0.3 is 0 Å². The molecule has 0 spiro atoms. The Morgan fingerprint density at radius 1 is 1.09 bits per heavy atom. The van der Waals surface area contributed by atoms with Crippen molar-refractivity contribution in [2.75, 3.05) is 33.9 Å². The van der Waals surface area contributed by atoms with Crippen molar-refractivity contribution >= 4 is 17.5 Å². The number of fused-ring (bicyclic) bond motifs is 1. The van der Waals surface area contributed by atoms with Gasteiger partial charge in [0, 0.05) is 52.4 Å². The summed E-state index contributed by atoms with van der Waals surface area (Å²) in [6.45, 7) is 2.35. The van der Waals surface area contributed by atoms with Crippen LogP contribution in [0.25, 0.3) is 5.65 Å². The number of nitrogens with one attached hydrogen (secondary N) is 1. The third-order valence-corrected chi connectivity index (χ3v) is 7.56. The summed E-state index contributed by atoms with van der Waals surface area (Å²) in [4.78, 5) is 31.8. The van der Waals surface area contributed by atoms with Crippen LogP contribution in [0.15, 0.2) is 30.7 Å². The molecule has 2 aromatic heterocycles. The number of amides is 2. The number of likely N-dealkylation sites (tertiary alicyclic amines) is 1. The zero-order valence-electron chi connectivity index (χ0n) is 20.4. The fourth-order valence-electron chi connectivity index (χ4n) is 5.55.